The molecule has 2 aromatic carbocycles. The van der Waals surface area contributed by atoms with E-state index in [1.54, 1.807) is 12.1 Å². The van der Waals surface area contributed by atoms with Gasteiger partial charge in [-0.15, -0.1) is 0 Å². The van der Waals surface area contributed by atoms with Crippen LogP contribution in [-0.2, 0) is 9.84 Å². The fourth-order valence-corrected chi connectivity index (χ4v) is 2.80. The highest BCUT2D eigenvalue weighted by atomic mass is 79.9. The van der Waals surface area contributed by atoms with Crippen molar-refractivity contribution >= 4 is 31.6 Å². The third kappa shape index (κ3) is 4.09. The zero-order valence-electron chi connectivity index (χ0n) is 10.7. The van der Waals surface area contributed by atoms with Crippen molar-refractivity contribution in [2.75, 3.05) is 0 Å². The molecule has 0 aliphatic heterocycles. The highest BCUT2D eigenvalue weighted by Crippen LogP contribution is 2.17. The molecule has 0 N–H and O–H groups in total. The second-order valence-corrected chi connectivity index (χ2v) is 6.92. The van der Waals surface area contributed by atoms with Crippen LogP contribution >= 0.6 is 15.9 Å². The molecule has 2 aromatic rings. The van der Waals surface area contributed by atoms with Crippen LogP contribution < -0.4 is 0 Å². The SMILES string of the molecule is O=C(C=CS(=O)(=O)c1ccc(Br)cc1)c1ccc(F)cc1. The van der Waals surface area contributed by atoms with Gasteiger partial charge in [0.25, 0.3) is 0 Å². The van der Waals surface area contributed by atoms with Crippen molar-refractivity contribution in [1.29, 1.82) is 0 Å². The van der Waals surface area contributed by atoms with Crippen LogP contribution in [-0.4, -0.2) is 14.2 Å². The summed E-state index contributed by atoms with van der Waals surface area (Å²) in [5, 5.41) is 0.849. The van der Waals surface area contributed by atoms with E-state index in [-0.39, 0.29) is 10.5 Å². The summed E-state index contributed by atoms with van der Waals surface area (Å²) in [7, 11) is -3.68. The maximum absolute atomic E-state index is 12.8. The van der Waals surface area contributed by atoms with Crippen molar-refractivity contribution in [3.8, 4) is 0 Å². The summed E-state index contributed by atoms with van der Waals surface area (Å²) >= 11 is 3.21. The maximum Gasteiger partial charge on any atom is 0.199 e. The van der Waals surface area contributed by atoms with E-state index in [1.165, 1.54) is 24.3 Å². The Bertz CT molecular complexity index is 779. The predicted octanol–water partition coefficient (Wildman–Crippen LogP) is 3.76. The number of rotatable bonds is 4. The van der Waals surface area contributed by atoms with Crippen LogP contribution in [0.5, 0.6) is 0 Å². The Labute approximate surface area is 130 Å². The van der Waals surface area contributed by atoms with Crippen molar-refractivity contribution in [2.45, 2.75) is 4.90 Å². The molecule has 0 aliphatic carbocycles. The zero-order valence-corrected chi connectivity index (χ0v) is 13.1. The van der Waals surface area contributed by atoms with Crippen molar-refractivity contribution < 1.29 is 17.6 Å². The minimum Gasteiger partial charge on any atom is -0.289 e. The number of sulfone groups is 1. The molecule has 0 aromatic heterocycles. The first kappa shape index (κ1) is 15.6. The molecule has 0 heterocycles. The Balaban J connectivity index is 2.21. The summed E-state index contributed by atoms with van der Waals surface area (Å²) in [6, 6.07) is 11.0. The van der Waals surface area contributed by atoms with E-state index in [1.807, 2.05) is 0 Å². The van der Waals surface area contributed by atoms with Crippen molar-refractivity contribution in [3.05, 3.63) is 75.9 Å². The third-order valence-corrected chi connectivity index (χ3v) is 4.62. The molecule has 0 saturated heterocycles. The van der Waals surface area contributed by atoms with Crippen LogP contribution in [0.4, 0.5) is 4.39 Å². The van der Waals surface area contributed by atoms with E-state index < -0.39 is 21.4 Å². The van der Waals surface area contributed by atoms with E-state index in [2.05, 4.69) is 15.9 Å². The highest BCUT2D eigenvalue weighted by Gasteiger charge is 2.11. The van der Waals surface area contributed by atoms with Crippen molar-refractivity contribution in [1.82, 2.24) is 0 Å². The smallest absolute Gasteiger partial charge is 0.199 e. The van der Waals surface area contributed by atoms with Crippen LogP contribution in [0.15, 0.2) is 69.4 Å². The highest BCUT2D eigenvalue weighted by molar-refractivity contribution is 9.10. The molecule has 0 aliphatic rings. The predicted molar refractivity (Wildman–Crippen MR) is 81.2 cm³/mol. The Morgan fingerprint density at radius 1 is 1.00 bits per heavy atom. The summed E-state index contributed by atoms with van der Waals surface area (Å²) in [5.74, 6) is -0.964. The quantitative estimate of drug-likeness (QED) is 0.609. The molecule has 0 bridgehead atoms. The fourth-order valence-electron chi connectivity index (χ4n) is 1.56. The number of carbonyl (C=O) groups is 1. The van der Waals surface area contributed by atoms with E-state index in [9.17, 15) is 17.6 Å². The molecule has 21 heavy (non-hydrogen) atoms. The molecule has 3 nitrogen and oxygen atoms in total. The lowest BCUT2D eigenvalue weighted by Crippen LogP contribution is -1.99. The molecule has 108 valence electrons. The minimum absolute atomic E-state index is 0.0915. The van der Waals surface area contributed by atoms with Crippen LogP contribution in [0, 0.1) is 5.82 Å². The Hall–Kier alpha value is -1.79. The molecule has 6 heteroatoms. The van der Waals surface area contributed by atoms with Gasteiger partial charge in [0.1, 0.15) is 5.82 Å². The molecule has 0 spiro atoms. The average Bonchev–Trinajstić information content (AvgIpc) is 2.46. The van der Waals surface area contributed by atoms with Gasteiger partial charge in [0.2, 0.25) is 0 Å². The first-order valence-electron chi connectivity index (χ1n) is 5.87. The zero-order chi connectivity index (χ0) is 15.5. The van der Waals surface area contributed by atoms with Gasteiger partial charge in [-0.1, -0.05) is 15.9 Å². The number of benzene rings is 2. The largest absolute Gasteiger partial charge is 0.289 e. The number of hydrogen-bond acceptors (Lipinski definition) is 3. The number of carbonyl (C=O) groups excluding carboxylic acids is 1. The lowest BCUT2D eigenvalue weighted by Gasteiger charge is -1.99. The van der Waals surface area contributed by atoms with Gasteiger partial charge in [0, 0.05) is 15.4 Å². The monoisotopic (exact) mass is 368 g/mol. The first-order chi connectivity index (χ1) is 9.88. The van der Waals surface area contributed by atoms with Crippen LogP contribution in [0.25, 0.3) is 0 Å². The third-order valence-electron chi connectivity index (χ3n) is 2.67. The van der Waals surface area contributed by atoms with E-state index in [0.717, 1.165) is 28.1 Å². The van der Waals surface area contributed by atoms with Gasteiger partial charge in [-0.2, -0.15) is 0 Å². The van der Waals surface area contributed by atoms with E-state index in [0.29, 0.717) is 0 Å². The molecule has 0 atom stereocenters. The summed E-state index contributed by atoms with van der Waals surface area (Å²) in [6.45, 7) is 0. The Kier molecular flexibility index (Phi) is 4.69. The number of hydrogen-bond donors (Lipinski definition) is 0. The van der Waals surface area contributed by atoms with Gasteiger partial charge in [-0.05, 0) is 54.6 Å². The van der Waals surface area contributed by atoms with Gasteiger partial charge >= 0.3 is 0 Å². The Morgan fingerprint density at radius 3 is 2.14 bits per heavy atom. The number of allylic oxidation sites excluding steroid dienone is 1. The van der Waals surface area contributed by atoms with E-state index in [4.69, 9.17) is 0 Å². The van der Waals surface area contributed by atoms with Gasteiger partial charge in [0.15, 0.2) is 15.6 Å². The van der Waals surface area contributed by atoms with Gasteiger partial charge < -0.3 is 0 Å². The molecule has 0 fully saturated rings. The summed E-state index contributed by atoms with van der Waals surface area (Å²) in [5.41, 5.74) is 0.221. The Morgan fingerprint density at radius 2 is 1.57 bits per heavy atom. The first-order valence-corrected chi connectivity index (χ1v) is 8.21. The molecule has 0 radical (unpaired) electrons. The molecule has 0 unspecified atom stereocenters. The second kappa shape index (κ2) is 6.32. The minimum atomic E-state index is -3.68. The van der Waals surface area contributed by atoms with Crippen LogP contribution in [0.2, 0.25) is 0 Å². The van der Waals surface area contributed by atoms with Gasteiger partial charge in [-0.3, -0.25) is 4.79 Å². The molecular weight excluding hydrogens is 359 g/mol. The van der Waals surface area contributed by atoms with Gasteiger partial charge in [-0.25, -0.2) is 12.8 Å². The summed E-state index contributed by atoms with van der Waals surface area (Å²) < 4.78 is 37.5. The topological polar surface area (TPSA) is 51.2 Å². The average molecular weight is 369 g/mol. The van der Waals surface area contributed by atoms with Crippen molar-refractivity contribution in [2.24, 2.45) is 0 Å². The van der Waals surface area contributed by atoms with Crippen LogP contribution in [0.3, 0.4) is 0 Å². The molecule has 0 saturated carbocycles. The number of halogens is 2. The lowest BCUT2D eigenvalue weighted by atomic mass is 10.1. The summed E-state index contributed by atoms with van der Waals surface area (Å²) in [4.78, 5) is 11.9. The second-order valence-electron chi connectivity index (χ2n) is 4.17. The lowest BCUT2D eigenvalue weighted by molar-refractivity contribution is 0.104. The van der Waals surface area contributed by atoms with E-state index >= 15 is 0 Å². The molecule has 0 amide bonds. The normalized spacial score (nSPS) is 11.7. The van der Waals surface area contributed by atoms with Crippen molar-refractivity contribution in [3.63, 3.8) is 0 Å². The van der Waals surface area contributed by atoms with Gasteiger partial charge in [0.05, 0.1) is 4.90 Å². The maximum atomic E-state index is 12.8. The number of ketones is 1. The van der Waals surface area contributed by atoms with Crippen LogP contribution in [0.1, 0.15) is 10.4 Å². The summed E-state index contributed by atoms with van der Waals surface area (Å²) in [6.07, 6.45) is 0.963. The standard InChI is InChI=1S/C15H10BrFO3S/c16-12-3-7-14(8-4-12)21(19,20)10-9-15(18)11-1-5-13(17)6-2-11/h1-10H. The fraction of sp³-hybridized carbons (Fsp3) is 0. The molecule has 2 rings (SSSR count). The molecular formula is C15H10BrFO3S.